The summed E-state index contributed by atoms with van der Waals surface area (Å²) in [5.41, 5.74) is 0.455. The number of benzene rings is 1. The fourth-order valence-corrected chi connectivity index (χ4v) is 2.42. The Morgan fingerprint density at radius 1 is 1.33 bits per heavy atom. The van der Waals surface area contributed by atoms with Crippen molar-refractivity contribution < 1.29 is 19.4 Å². The lowest BCUT2D eigenvalue weighted by Gasteiger charge is -2.33. The third kappa shape index (κ3) is 3.54. The van der Waals surface area contributed by atoms with Crippen LogP contribution < -0.4 is 4.74 Å². The van der Waals surface area contributed by atoms with Crippen LogP contribution in [0, 0.1) is 12.3 Å². The summed E-state index contributed by atoms with van der Waals surface area (Å²) < 4.78 is 5.24. The van der Waals surface area contributed by atoms with E-state index in [0.717, 1.165) is 12.8 Å². The molecular weight excluding hydrogens is 270 g/mol. The zero-order valence-electron chi connectivity index (χ0n) is 11.6. The number of carboxylic acids is 1. The first-order valence-corrected chi connectivity index (χ1v) is 6.83. The molecule has 0 unspecified atom stereocenters. The predicted octanol–water partition coefficient (Wildman–Crippen LogP) is 1.78. The third-order valence-corrected chi connectivity index (χ3v) is 3.47. The molecule has 1 fully saturated rings. The van der Waals surface area contributed by atoms with Crippen LogP contribution in [0.25, 0.3) is 0 Å². The Hall–Kier alpha value is -2.48. The number of carbonyl (C=O) groups is 2. The van der Waals surface area contributed by atoms with Crippen LogP contribution in [0.2, 0.25) is 0 Å². The number of hydrogen-bond donors (Lipinski definition) is 1. The van der Waals surface area contributed by atoms with Gasteiger partial charge < -0.3 is 14.7 Å². The molecule has 1 aromatic carbocycles. The minimum atomic E-state index is -0.947. The highest BCUT2D eigenvalue weighted by Gasteiger charge is 2.32. The maximum atomic E-state index is 12.4. The number of ether oxygens (including phenoxy) is 1. The van der Waals surface area contributed by atoms with Crippen molar-refractivity contribution in [3.8, 4) is 18.1 Å². The van der Waals surface area contributed by atoms with Gasteiger partial charge in [-0.2, -0.15) is 0 Å². The molecule has 1 N–H and O–H groups in total. The maximum Gasteiger partial charge on any atom is 0.326 e. The van der Waals surface area contributed by atoms with Gasteiger partial charge >= 0.3 is 5.97 Å². The Bertz CT molecular complexity index is 559. The van der Waals surface area contributed by atoms with E-state index in [4.69, 9.17) is 11.2 Å². The van der Waals surface area contributed by atoms with Crippen LogP contribution in [0.15, 0.2) is 24.3 Å². The Labute approximate surface area is 123 Å². The molecular formula is C16H17NO4. The molecule has 1 atom stereocenters. The molecule has 1 aliphatic rings. The summed E-state index contributed by atoms with van der Waals surface area (Å²) in [7, 11) is 0. The fourth-order valence-electron chi connectivity index (χ4n) is 2.42. The largest absolute Gasteiger partial charge is 0.481 e. The van der Waals surface area contributed by atoms with Crippen molar-refractivity contribution in [1.82, 2.24) is 4.90 Å². The Kier molecular flexibility index (Phi) is 4.83. The van der Waals surface area contributed by atoms with Gasteiger partial charge in [-0.15, -0.1) is 6.42 Å². The first kappa shape index (κ1) is 14.9. The lowest BCUT2D eigenvalue weighted by atomic mass is 10.0. The normalized spacial score (nSPS) is 17.9. The molecule has 1 heterocycles. The van der Waals surface area contributed by atoms with Gasteiger partial charge in [0.05, 0.1) is 0 Å². The number of terminal acetylenes is 1. The van der Waals surface area contributed by atoms with Gasteiger partial charge in [-0.25, -0.2) is 4.79 Å². The number of hydrogen-bond acceptors (Lipinski definition) is 3. The molecule has 1 saturated heterocycles. The van der Waals surface area contributed by atoms with E-state index >= 15 is 0 Å². The topological polar surface area (TPSA) is 66.8 Å². The molecule has 0 saturated carbocycles. The Morgan fingerprint density at radius 3 is 2.67 bits per heavy atom. The molecule has 0 radical (unpaired) electrons. The highest BCUT2D eigenvalue weighted by molar-refractivity contribution is 5.96. The molecule has 1 amide bonds. The zero-order valence-corrected chi connectivity index (χ0v) is 11.6. The molecule has 0 aromatic heterocycles. The van der Waals surface area contributed by atoms with Crippen molar-refractivity contribution in [2.24, 2.45) is 0 Å². The summed E-state index contributed by atoms with van der Waals surface area (Å²) in [5, 5.41) is 9.21. The summed E-state index contributed by atoms with van der Waals surface area (Å²) in [5.74, 6) is 1.74. The molecule has 21 heavy (non-hydrogen) atoms. The average molecular weight is 287 g/mol. The average Bonchev–Trinajstić information content (AvgIpc) is 2.52. The number of carbonyl (C=O) groups excluding carboxylic acids is 1. The highest BCUT2D eigenvalue weighted by Crippen LogP contribution is 2.21. The van der Waals surface area contributed by atoms with E-state index in [9.17, 15) is 14.7 Å². The van der Waals surface area contributed by atoms with Gasteiger partial charge in [0.25, 0.3) is 5.91 Å². The van der Waals surface area contributed by atoms with Crippen LogP contribution in [0.4, 0.5) is 0 Å². The molecule has 1 aliphatic heterocycles. The van der Waals surface area contributed by atoms with Gasteiger partial charge in [-0.1, -0.05) is 5.92 Å². The highest BCUT2D eigenvalue weighted by atomic mass is 16.5. The summed E-state index contributed by atoms with van der Waals surface area (Å²) >= 11 is 0. The van der Waals surface area contributed by atoms with Crippen LogP contribution in [0.3, 0.4) is 0 Å². The van der Waals surface area contributed by atoms with Crippen LogP contribution in [-0.2, 0) is 4.79 Å². The second-order valence-corrected chi connectivity index (χ2v) is 4.87. The number of piperidine rings is 1. The number of nitrogens with zero attached hydrogens (tertiary/aromatic N) is 1. The molecule has 110 valence electrons. The monoisotopic (exact) mass is 287 g/mol. The van der Waals surface area contributed by atoms with E-state index in [0.29, 0.717) is 24.3 Å². The SMILES string of the molecule is C#CCOc1ccc(C(=O)N2CCCC[C@@H]2C(=O)O)cc1. The van der Waals surface area contributed by atoms with Crippen LogP contribution in [0.5, 0.6) is 5.75 Å². The van der Waals surface area contributed by atoms with E-state index < -0.39 is 12.0 Å². The quantitative estimate of drug-likeness (QED) is 0.857. The predicted molar refractivity (Wildman–Crippen MR) is 77.1 cm³/mol. The second-order valence-electron chi connectivity index (χ2n) is 4.87. The number of aliphatic carboxylic acids is 1. The Morgan fingerprint density at radius 2 is 2.05 bits per heavy atom. The minimum Gasteiger partial charge on any atom is -0.481 e. The maximum absolute atomic E-state index is 12.4. The van der Waals surface area contributed by atoms with Gasteiger partial charge in [-0.05, 0) is 43.5 Å². The van der Waals surface area contributed by atoms with Gasteiger partial charge in [0.2, 0.25) is 0 Å². The first-order chi connectivity index (χ1) is 10.1. The summed E-state index contributed by atoms with van der Waals surface area (Å²) in [4.78, 5) is 25.1. The lowest BCUT2D eigenvalue weighted by Crippen LogP contribution is -2.47. The molecule has 2 rings (SSSR count). The standard InChI is InChI=1S/C16H17NO4/c1-2-11-21-13-8-6-12(7-9-13)15(18)17-10-4-3-5-14(17)16(19)20/h1,6-9,14H,3-5,10-11H2,(H,19,20)/t14-/m1/s1. The number of rotatable bonds is 4. The van der Waals surface area contributed by atoms with E-state index in [2.05, 4.69) is 5.92 Å². The minimum absolute atomic E-state index is 0.167. The molecule has 0 spiro atoms. The van der Waals surface area contributed by atoms with Gasteiger partial charge in [0.1, 0.15) is 18.4 Å². The number of amides is 1. The van der Waals surface area contributed by atoms with Crippen LogP contribution in [0.1, 0.15) is 29.6 Å². The van der Waals surface area contributed by atoms with Crippen molar-refractivity contribution in [3.63, 3.8) is 0 Å². The summed E-state index contributed by atoms with van der Waals surface area (Å²) in [6.45, 7) is 0.644. The van der Waals surface area contributed by atoms with Gasteiger partial charge in [0, 0.05) is 12.1 Å². The van der Waals surface area contributed by atoms with Crippen LogP contribution >= 0.6 is 0 Å². The number of likely N-dealkylation sites (tertiary alicyclic amines) is 1. The molecule has 0 aliphatic carbocycles. The fraction of sp³-hybridized carbons (Fsp3) is 0.375. The summed E-state index contributed by atoms with van der Waals surface area (Å²) in [6, 6.07) is 5.83. The third-order valence-electron chi connectivity index (χ3n) is 3.47. The first-order valence-electron chi connectivity index (χ1n) is 6.83. The number of carboxylic acid groups (broad SMARTS) is 1. The molecule has 0 bridgehead atoms. The molecule has 5 nitrogen and oxygen atoms in total. The summed E-state index contributed by atoms with van der Waals surface area (Å²) in [6.07, 6.45) is 7.27. The van der Waals surface area contributed by atoms with Crippen molar-refractivity contribution in [3.05, 3.63) is 29.8 Å². The van der Waals surface area contributed by atoms with E-state index in [1.165, 1.54) is 4.90 Å². The van der Waals surface area contributed by atoms with Gasteiger partial charge in [-0.3, -0.25) is 4.79 Å². The van der Waals surface area contributed by atoms with Crippen molar-refractivity contribution in [2.45, 2.75) is 25.3 Å². The van der Waals surface area contributed by atoms with Crippen LogP contribution in [-0.4, -0.2) is 41.1 Å². The van der Waals surface area contributed by atoms with Gasteiger partial charge in [0.15, 0.2) is 0 Å². The smallest absolute Gasteiger partial charge is 0.326 e. The molecule has 5 heteroatoms. The van der Waals surface area contributed by atoms with Crippen molar-refractivity contribution >= 4 is 11.9 Å². The van der Waals surface area contributed by atoms with E-state index in [1.54, 1.807) is 24.3 Å². The zero-order chi connectivity index (χ0) is 15.2. The second kappa shape index (κ2) is 6.80. The van der Waals surface area contributed by atoms with Crippen molar-refractivity contribution in [2.75, 3.05) is 13.2 Å². The molecule has 1 aromatic rings. The lowest BCUT2D eigenvalue weighted by molar-refractivity contribution is -0.143. The Balaban J connectivity index is 2.11. The van der Waals surface area contributed by atoms with E-state index in [-0.39, 0.29) is 12.5 Å². The van der Waals surface area contributed by atoms with E-state index in [1.807, 2.05) is 0 Å². The van der Waals surface area contributed by atoms with Crippen molar-refractivity contribution in [1.29, 1.82) is 0 Å².